The highest BCUT2D eigenvalue weighted by Gasteiger charge is 2.11. The van der Waals surface area contributed by atoms with E-state index in [2.05, 4.69) is 37.4 Å². The maximum absolute atomic E-state index is 8.57. The molecule has 0 aliphatic heterocycles. The number of nitrogen functional groups attached to an aromatic ring is 1. The molecule has 1 rings (SSSR count). The van der Waals surface area contributed by atoms with Gasteiger partial charge in [0.2, 0.25) is 5.95 Å². The zero-order chi connectivity index (χ0) is 12.0. The van der Waals surface area contributed by atoms with Crippen molar-refractivity contribution >= 4 is 27.7 Å². The van der Waals surface area contributed by atoms with Crippen LogP contribution >= 0.6 is 15.9 Å². The van der Waals surface area contributed by atoms with E-state index in [4.69, 9.17) is 11.1 Å². The van der Waals surface area contributed by atoms with E-state index in [9.17, 15) is 0 Å². The van der Waals surface area contributed by atoms with Gasteiger partial charge < -0.3 is 4.90 Å². The third kappa shape index (κ3) is 3.05. The summed E-state index contributed by atoms with van der Waals surface area (Å²) in [6, 6.07) is 2.11. The Labute approximate surface area is 103 Å². The van der Waals surface area contributed by atoms with Gasteiger partial charge in [-0.3, -0.25) is 5.43 Å². The van der Waals surface area contributed by atoms with E-state index >= 15 is 0 Å². The quantitative estimate of drug-likeness (QED) is 0.625. The highest BCUT2D eigenvalue weighted by Crippen LogP contribution is 2.23. The number of rotatable bonds is 5. The van der Waals surface area contributed by atoms with Gasteiger partial charge in [-0.05, 0) is 22.9 Å². The summed E-state index contributed by atoms with van der Waals surface area (Å²) in [5.41, 5.74) is 2.39. The third-order valence-corrected chi connectivity index (χ3v) is 2.59. The first kappa shape index (κ1) is 12.7. The van der Waals surface area contributed by atoms with Crippen molar-refractivity contribution in [2.24, 2.45) is 5.84 Å². The topological polar surface area (TPSA) is 90.9 Å². The van der Waals surface area contributed by atoms with E-state index in [-0.39, 0.29) is 0 Å². The molecule has 0 aliphatic carbocycles. The van der Waals surface area contributed by atoms with Crippen LogP contribution in [0.25, 0.3) is 0 Å². The van der Waals surface area contributed by atoms with E-state index in [1.54, 1.807) is 6.20 Å². The van der Waals surface area contributed by atoms with Crippen molar-refractivity contribution in [1.29, 1.82) is 5.26 Å². The van der Waals surface area contributed by atoms with Gasteiger partial charge in [0.1, 0.15) is 5.82 Å². The second kappa shape index (κ2) is 6.25. The Morgan fingerprint density at radius 3 is 3.00 bits per heavy atom. The van der Waals surface area contributed by atoms with Crippen LogP contribution in [-0.2, 0) is 0 Å². The molecular weight excluding hydrogens is 272 g/mol. The number of halogens is 1. The number of aromatic nitrogens is 2. The molecule has 0 radical (unpaired) electrons. The molecule has 86 valence electrons. The van der Waals surface area contributed by atoms with Crippen LogP contribution < -0.4 is 16.2 Å². The maximum Gasteiger partial charge on any atom is 0.239 e. The lowest BCUT2D eigenvalue weighted by atomic mass is 10.4. The lowest BCUT2D eigenvalue weighted by Crippen LogP contribution is -2.26. The first-order chi connectivity index (χ1) is 7.72. The average Bonchev–Trinajstić information content (AvgIpc) is 2.32. The first-order valence-corrected chi connectivity index (χ1v) is 5.63. The molecule has 16 heavy (non-hydrogen) atoms. The fourth-order valence-electron chi connectivity index (χ4n) is 1.25. The van der Waals surface area contributed by atoms with Crippen molar-refractivity contribution in [2.75, 3.05) is 23.4 Å². The zero-order valence-electron chi connectivity index (χ0n) is 8.94. The fraction of sp³-hybridized carbons (Fsp3) is 0.444. The van der Waals surface area contributed by atoms with E-state index in [1.165, 1.54) is 0 Å². The Morgan fingerprint density at radius 2 is 2.44 bits per heavy atom. The number of nitrogens with two attached hydrogens (primary N) is 1. The van der Waals surface area contributed by atoms with Crippen molar-refractivity contribution in [1.82, 2.24) is 9.97 Å². The molecule has 1 aromatic heterocycles. The largest absolute Gasteiger partial charge is 0.355 e. The van der Waals surface area contributed by atoms with Crippen molar-refractivity contribution in [2.45, 2.75) is 13.3 Å². The van der Waals surface area contributed by atoms with E-state index in [0.29, 0.717) is 18.9 Å². The number of nitrogens with zero attached hydrogens (tertiary/aromatic N) is 4. The van der Waals surface area contributed by atoms with Gasteiger partial charge in [-0.15, -0.1) is 0 Å². The molecule has 0 fully saturated rings. The predicted octanol–water partition coefficient (Wildman–Crippen LogP) is 1.26. The Bertz CT molecular complexity index is 388. The minimum Gasteiger partial charge on any atom is -0.355 e. The van der Waals surface area contributed by atoms with Crippen molar-refractivity contribution in [3.05, 3.63) is 10.7 Å². The summed E-state index contributed by atoms with van der Waals surface area (Å²) in [6.45, 7) is 3.40. The molecule has 0 aliphatic rings. The van der Waals surface area contributed by atoms with Crippen LogP contribution in [-0.4, -0.2) is 23.1 Å². The summed E-state index contributed by atoms with van der Waals surface area (Å²) in [6.07, 6.45) is 2.09. The predicted molar refractivity (Wildman–Crippen MR) is 65.7 cm³/mol. The Morgan fingerprint density at radius 1 is 1.69 bits per heavy atom. The lowest BCUT2D eigenvalue weighted by molar-refractivity contribution is 0.805. The summed E-state index contributed by atoms with van der Waals surface area (Å²) >= 11 is 3.37. The molecule has 3 N–H and O–H groups in total. The van der Waals surface area contributed by atoms with Crippen LogP contribution in [0.15, 0.2) is 10.7 Å². The number of anilines is 2. The number of hydrogen-bond acceptors (Lipinski definition) is 6. The van der Waals surface area contributed by atoms with Crippen molar-refractivity contribution in [3.63, 3.8) is 0 Å². The molecule has 0 amide bonds. The van der Waals surface area contributed by atoms with Gasteiger partial charge in [-0.1, -0.05) is 0 Å². The summed E-state index contributed by atoms with van der Waals surface area (Å²) in [5.74, 6) is 6.34. The van der Waals surface area contributed by atoms with E-state index < -0.39 is 0 Å². The second-order valence-electron chi connectivity index (χ2n) is 3.00. The normalized spacial score (nSPS) is 9.62. The Kier molecular flexibility index (Phi) is 4.95. The lowest BCUT2D eigenvalue weighted by Gasteiger charge is -2.21. The minimum absolute atomic E-state index is 0.355. The summed E-state index contributed by atoms with van der Waals surface area (Å²) < 4.78 is 0.784. The Hall–Kier alpha value is -1.39. The highest BCUT2D eigenvalue weighted by atomic mass is 79.9. The van der Waals surface area contributed by atoms with Crippen LogP contribution in [0, 0.1) is 11.3 Å². The SMILES string of the molecule is CCN(CCC#N)c1nc(NN)ncc1Br. The van der Waals surface area contributed by atoms with Crippen molar-refractivity contribution in [3.8, 4) is 6.07 Å². The molecule has 0 atom stereocenters. The van der Waals surface area contributed by atoms with Crippen LogP contribution in [0.2, 0.25) is 0 Å². The molecule has 7 heteroatoms. The standard InChI is InChI=1S/C9H13BrN6/c1-2-16(5-3-4-11)8-7(10)6-13-9(14-8)15-12/h6H,2-3,5,12H2,1H3,(H,13,14,15). The van der Waals surface area contributed by atoms with Gasteiger partial charge in [-0.25, -0.2) is 10.8 Å². The number of nitrogens with one attached hydrogen (secondary N) is 1. The maximum atomic E-state index is 8.57. The summed E-state index contributed by atoms with van der Waals surface area (Å²) in [5, 5.41) is 8.57. The molecule has 0 bridgehead atoms. The molecular formula is C9H13BrN6. The first-order valence-electron chi connectivity index (χ1n) is 4.84. The van der Waals surface area contributed by atoms with Crippen LogP contribution in [0.3, 0.4) is 0 Å². The van der Waals surface area contributed by atoms with Crippen molar-refractivity contribution < 1.29 is 0 Å². The molecule has 0 saturated heterocycles. The second-order valence-corrected chi connectivity index (χ2v) is 3.85. The number of hydrogen-bond donors (Lipinski definition) is 2. The minimum atomic E-state index is 0.355. The van der Waals surface area contributed by atoms with Crippen LogP contribution in [0.1, 0.15) is 13.3 Å². The molecule has 0 saturated carbocycles. The molecule has 0 unspecified atom stereocenters. The summed E-state index contributed by atoms with van der Waals surface area (Å²) in [7, 11) is 0. The van der Waals surface area contributed by atoms with E-state index in [0.717, 1.165) is 16.8 Å². The fourth-order valence-corrected chi connectivity index (χ4v) is 1.69. The molecule has 1 heterocycles. The van der Waals surface area contributed by atoms with Gasteiger partial charge in [0.05, 0.1) is 17.0 Å². The van der Waals surface area contributed by atoms with Gasteiger partial charge in [0.15, 0.2) is 0 Å². The molecule has 1 aromatic rings. The zero-order valence-corrected chi connectivity index (χ0v) is 10.5. The van der Waals surface area contributed by atoms with Crippen LogP contribution in [0.4, 0.5) is 11.8 Å². The van der Waals surface area contributed by atoms with Gasteiger partial charge in [0, 0.05) is 19.3 Å². The molecule has 0 aromatic carbocycles. The molecule has 6 nitrogen and oxygen atoms in total. The highest BCUT2D eigenvalue weighted by molar-refractivity contribution is 9.10. The monoisotopic (exact) mass is 284 g/mol. The smallest absolute Gasteiger partial charge is 0.239 e. The van der Waals surface area contributed by atoms with Gasteiger partial charge >= 0.3 is 0 Å². The van der Waals surface area contributed by atoms with Gasteiger partial charge in [0.25, 0.3) is 0 Å². The number of nitriles is 1. The average molecular weight is 285 g/mol. The summed E-state index contributed by atoms with van der Waals surface area (Å²) in [4.78, 5) is 10.2. The van der Waals surface area contributed by atoms with Gasteiger partial charge in [-0.2, -0.15) is 10.2 Å². The third-order valence-electron chi connectivity index (χ3n) is 2.03. The van der Waals surface area contributed by atoms with Crippen LogP contribution in [0.5, 0.6) is 0 Å². The number of hydrazine groups is 1. The van der Waals surface area contributed by atoms with E-state index in [1.807, 2.05) is 11.8 Å². The molecule has 0 spiro atoms. The Balaban J connectivity index is 2.94.